The van der Waals surface area contributed by atoms with Gasteiger partial charge in [0.2, 0.25) is 10.0 Å². The predicted molar refractivity (Wildman–Crippen MR) is 105 cm³/mol. The molecule has 2 aromatic carbocycles. The highest BCUT2D eigenvalue weighted by atomic mass is 32.2. The van der Waals surface area contributed by atoms with Gasteiger partial charge in [0.15, 0.2) is 0 Å². The first kappa shape index (κ1) is 22.3. The van der Waals surface area contributed by atoms with Crippen LogP contribution in [0.1, 0.15) is 35.2 Å². The summed E-state index contributed by atoms with van der Waals surface area (Å²) in [5.41, 5.74) is 0.525. The van der Waals surface area contributed by atoms with Crippen LogP contribution in [0.4, 0.5) is 14.5 Å². The molecule has 0 aromatic heterocycles. The van der Waals surface area contributed by atoms with Crippen molar-refractivity contribution in [3.05, 3.63) is 59.2 Å². The van der Waals surface area contributed by atoms with Crippen molar-refractivity contribution >= 4 is 21.6 Å². The summed E-state index contributed by atoms with van der Waals surface area (Å²) in [5, 5.41) is 21.8. The highest BCUT2D eigenvalue weighted by molar-refractivity contribution is 7.89. The minimum atomic E-state index is -4.32. The zero-order valence-electron chi connectivity index (χ0n) is 16.1. The number of aryl methyl sites for hydroxylation is 1. The van der Waals surface area contributed by atoms with Crippen LogP contribution < -0.4 is 10.0 Å². The molecule has 3 rings (SSSR count). The summed E-state index contributed by atoms with van der Waals surface area (Å²) in [5.74, 6) is -2.16. The number of amides is 1. The summed E-state index contributed by atoms with van der Waals surface area (Å²) >= 11 is 0. The zero-order valence-corrected chi connectivity index (χ0v) is 16.9. The normalized spacial score (nSPS) is 22.0. The van der Waals surface area contributed by atoms with Gasteiger partial charge in [-0.15, -0.1) is 0 Å². The van der Waals surface area contributed by atoms with E-state index in [1.165, 1.54) is 25.1 Å². The molecule has 1 amide bonds. The van der Waals surface area contributed by atoms with Crippen LogP contribution in [0.5, 0.6) is 0 Å². The number of aliphatic hydroxyl groups excluding tert-OH is 2. The van der Waals surface area contributed by atoms with Gasteiger partial charge in [0.1, 0.15) is 16.5 Å². The lowest BCUT2D eigenvalue weighted by molar-refractivity contribution is -0.0157. The number of carbonyl (C=O) groups excluding carboxylic acids is 1. The second-order valence-electron chi connectivity index (χ2n) is 7.33. The van der Waals surface area contributed by atoms with Crippen molar-refractivity contribution in [2.75, 3.05) is 5.32 Å². The molecule has 0 bridgehead atoms. The lowest BCUT2D eigenvalue weighted by atomic mass is 9.91. The SMILES string of the molecule is Cc1cc(NC(=O)c2ccc(F)c(S(=O)(=O)NC3CCC(O)C(O)C3)c2)ccc1F. The largest absolute Gasteiger partial charge is 0.390 e. The van der Waals surface area contributed by atoms with E-state index in [4.69, 9.17) is 0 Å². The van der Waals surface area contributed by atoms with Crippen molar-refractivity contribution in [3.63, 3.8) is 0 Å². The second-order valence-corrected chi connectivity index (χ2v) is 9.01. The maximum Gasteiger partial charge on any atom is 0.255 e. The van der Waals surface area contributed by atoms with E-state index >= 15 is 0 Å². The summed E-state index contributed by atoms with van der Waals surface area (Å²) in [7, 11) is -4.32. The molecule has 1 aliphatic rings. The monoisotopic (exact) mass is 440 g/mol. The number of aliphatic hydroxyl groups is 2. The molecular weight excluding hydrogens is 418 g/mol. The van der Waals surface area contributed by atoms with E-state index in [1.54, 1.807) is 0 Å². The van der Waals surface area contributed by atoms with Crippen molar-refractivity contribution in [2.45, 2.75) is 49.3 Å². The molecule has 1 fully saturated rings. The van der Waals surface area contributed by atoms with E-state index in [1.807, 2.05) is 0 Å². The molecule has 0 spiro atoms. The van der Waals surface area contributed by atoms with E-state index in [9.17, 15) is 32.2 Å². The third kappa shape index (κ3) is 5.01. The third-order valence-electron chi connectivity index (χ3n) is 5.00. The summed E-state index contributed by atoms with van der Waals surface area (Å²) in [6.45, 7) is 1.53. The standard InChI is InChI=1S/C20H22F2N2O5S/c1-11-8-13(3-6-15(11)21)23-20(27)12-2-5-16(22)19(9-12)30(28,29)24-14-4-7-17(25)18(26)10-14/h2-3,5-6,8-9,14,17-18,24-26H,4,7,10H2,1H3,(H,23,27). The van der Waals surface area contributed by atoms with Crippen LogP contribution in [0, 0.1) is 18.6 Å². The molecule has 3 atom stereocenters. The van der Waals surface area contributed by atoms with Gasteiger partial charge in [-0.3, -0.25) is 4.79 Å². The van der Waals surface area contributed by atoms with Crippen LogP contribution in [0.2, 0.25) is 0 Å². The Hall–Kier alpha value is -2.40. The van der Waals surface area contributed by atoms with Gasteiger partial charge < -0.3 is 15.5 Å². The first-order chi connectivity index (χ1) is 14.1. The van der Waals surface area contributed by atoms with Crippen LogP contribution >= 0.6 is 0 Å². The zero-order chi connectivity index (χ0) is 22.1. The Morgan fingerprint density at radius 2 is 1.73 bits per heavy atom. The Morgan fingerprint density at radius 1 is 1.03 bits per heavy atom. The van der Waals surface area contributed by atoms with E-state index in [0.717, 1.165) is 18.2 Å². The smallest absolute Gasteiger partial charge is 0.255 e. The molecule has 4 N–H and O–H groups in total. The average Bonchev–Trinajstić information content (AvgIpc) is 2.67. The summed E-state index contributed by atoms with van der Waals surface area (Å²) < 4.78 is 55.3. The molecular formula is C20H22F2N2O5S. The van der Waals surface area contributed by atoms with Gasteiger partial charge in [-0.05, 0) is 68.1 Å². The van der Waals surface area contributed by atoms with Crippen molar-refractivity contribution in [3.8, 4) is 0 Å². The molecule has 162 valence electrons. The van der Waals surface area contributed by atoms with Gasteiger partial charge >= 0.3 is 0 Å². The maximum atomic E-state index is 14.3. The number of sulfonamides is 1. The Kier molecular flexibility index (Phi) is 6.51. The number of rotatable bonds is 5. The van der Waals surface area contributed by atoms with Crippen molar-refractivity contribution < 1.29 is 32.2 Å². The first-order valence-electron chi connectivity index (χ1n) is 9.32. The van der Waals surface area contributed by atoms with Gasteiger partial charge in [-0.2, -0.15) is 0 Å². The van der Waals surface area contributed by atoms with Crippen LogP contribution in [-0.2, 0) is 10.0 Å². The number of carbonyl (C=O) groups is 1. The minimum absolute atomic E-state index is 0.00783. The molecule has 3 unspecified atom stereocenters. The molecule has 30 heavy (non-hydrogen) atoms. The number of hydrogen-bond acceptors (Lipinski definition) is 5. The van der Waals surface area contributed by atoms with Crippen LogP contribution in [0.25, 0.3) is 0 Å². The van der Waals surface area contributed by atoms with E-state index in [-0.39, 0.29) is 24.8 Å². The fraction of sp³-hybridized carbons (Fsp3) is 0.350. The van der Waals surface area contributed by atoms with Crippen LogP contribution in [-0.4, -0.2) is 42.8 Å². The quantitative estimate of drug-likeness (QED) is 0.568. The minimum Gasteiger partial charge on any atom is -0.390 e. The lowest BCUT2D eigenvalue weighted by Gasteiger charge is -2.30. The molecule has 2 aromatic rings. The molecule has 0 aliphatic heterocycles. The Morgan fingerprint density at radius 3 is 2.40 bits per heavy atom. The summed E-state index contributed by atoms with van der Waals surface area (Å²) in [4.78, 5) is 11.8. The maximum absolute atomic E-state index is 14.3. The number of benzene rings is 2. The lowest BCUT2D eigenvalue weighted by Crippen LogP contribution is -2.44. The van der Waals surface area contributed by atoms with Gasteiger partial charge in [-0.1, -0.05) is 0 Å². The highest BCUT2D eigenvalue weighted by Gasteiger charge is 2.31. The molecule has 1 aliphatic carbocycles. The third-order valence-corrected chi connectivity index (χ3v) is 6.54. The Balaban J connectivity index is 1.79. The van der Waals surface area contributed by atoms with E-state index in [0.29, 0.717) is 11.3 Å². The van der Waals surface area contributed by atoms with Gasteiger partial charge in [0, 0.05) is 17.3 Å². The van der Waals surface area contributed by atoms with Crippen molar-refractivity contribution in [1.29, 1.82) is 0 Å². The number of anilines is 1. The number of nitrogens with one attached hydrogen (secondary N) is 2. The molecule has 0 radical (unpaired) electrons. The van der Waals surface area contributed by atoms with E-state index in [2.05, 4.69) is 10.0 Å². The van der Waals surface area contributed by atoms with Crippen LogP contribution in [0.15, 0.2) is 41.3 Å². The Labute approximate surface area is 172 Å². The van der Waals surface area contributed by atoms with Gasteiger partial charge in [0.05, 0.1) is 12.2 Å². The molecule has 1 saturated carbocycles. The van der Waals surface area contributed by atoms with Crippen molar-refractivity contribution in [1.82, 2.24) is 4.72 Å². The molecule has 10 heteroatoms. The number of halogens is 2. The molecule has 7 nitrogen and oxygen atoms in total. The first-order valence-corrected chi connectivity index (χ1v) is 10.8. The predicted octanol–water partition coefficient (Wildman–Crippen LogP) is 2.08. The molecule has 0 saturated heterocycles. The van der Waals surface area contributed by atoms with Gasteiger partial charge in [-0.25, -0.2) is 21.9 Å². The summed E-state index contributed by atoms with van der Waals surface area (Å²) in [6, 6.07) is 6.21. The average molecular weight is 440 g/mol. The van der Waals surface area contributed by atoms with Crippen molar-refractivity contribution in [2.24, 2.45) is 0 Å². The van der Waals surface area contributed by atoms with Gasteiger partial charge in [0.25, 0.3) is 5.91 Å². The Bertz CT molecular complexity index is 1060. The fourth-order valence-electron chi connectivity index (χ4n) is 3.30. The molecule has 0 heterocycles. The van der Waals surface area contributed by atoms with E-state index < -0.39 is 50.7 Å². The van der Waals surface area contributed by atoms with Crippen LogP contribution in [0.3, 0.4) is 0 Å². The highest BCUT2D eigenvalue weighted by Crippen LogP contribution is 2.23. The topological polar surface area (TPSA) is 116 Å². The summed E-state index contributed by atoms with van der Waals surface area (Å²) in [6.07, 6.45) is -1.52. The fourth-order valence-corrected chi connectivity index (χ4v) is 4.68. The number of hydrogen-bond donors (Lipinski definition) is 4. The second kappa shape index (κ2) is 8.76.